The molecule has 0 aliphatic rings. The molecule has 1 N–H and O–H groups in total. The van der Waals surface area contributed by atoms with Gasteiger partial charge in [-0.05, 0) is 48.2 Å². The molecule has 2 aromatic carbocycles. The van der Waals surface area contributed by atoms with Crippen molar-refractivity contribution in [2.75, 3.05) is 0 Å². The van der Waals surface area contributed by atoms with E-state index in [9.17, 15) is 13.9 Å². The normalized spacial score (nSPS) is 14.3. The van der Waals surface area contributed by atoms with Crippen LogP contribution in [0.5, 0.6) is 0 Å². The maximum absolute atomic E-state index is 13.7. The van der Waals surface area contributed by atoms with Crippen molar-refractivity contribution in [3.63, 3.8) is 0 Å². The first-order chi connectivity index (χ1) is 9.95. The van der Waals surface area contributed by atoms with Gasteiger partial charge in [0.25, 0.3) is 0 Å². The monoisotopic (exact) mass is 304 g/mol. The standard InChI is InChI=1S/C17H14F2OS/c1-17(20,10-12-8-13(18)6-7-14(12)19)16-9-11-4-2-3-5-15(11)21-16/h2-9,20H,10H2,1H3. The number of halogens is 2. The first-order valence-corrected chi connectivity index (χ1v) is 7.43. The van der Waals surface area contributed by atoms with Crippen molar-refractivity contribution in [1.82, 2.24) is 0 Å². The molecular formula is C17H14F2OS. The Hall–Kier alpha value is -1.78. The van der Waals surface area contributed by atoms with E-state index in [1.807, 2.05) is 30.3 Å². The molecule has 0 bridgehead atoms. The Morgan fingerprint density at radius 1 is 1.10 bits per heavy atom. The molecule has 0 radical (unpaired) electrons. The summed E-state index contributed by atoms with van der Waals surface area (Å²) in [5, 5.41) is 11.7. The van der Waals surface area contributed by atoms with Gasteiger partial charge in [0, 0.05) is 16.0 Å². The van der Waals surface area contributed by atoms with E-state index in [0.29, 0.717) is 0 Å². The molecule has 0 amide bonds. The SMILES string of the molecule is CC(O)(Cc1cc(F)ccc1F)c1cc2ccccc2s1. The van der Waals surface area contributed by atoms with Gasteiger partial charge < -0.3 is 5.11 Å². The van der Waals surface area contributed by atoms with Gasteiger partial charge in [0.15, 0.2) is 0 Å². The third-order valence-corrected chi connectivity index (χ3v) is 4.87. The quantitative estimate of drug-likeness (QED) is 0.748. The number of thiophene rings is 1. The van der Waals surface area contributed by atoms with E-state index < -0.39 is 17.2 Å². The summed E-state index contributed by atoms with van der Waals surface area (Å²) in [7, 11) is 0. The lowest BCUT2D eigenvalue weighted by Crippen LogP contribution is -2.23. The van der Waals surface area contributed by atoms with Crippen LogP contribution < -0.4 is 0 Å². The molecule has 4 heteroatoms. The zero-order valence-electron chi connectivity index (χ0n) is 11.4. The number of aliphatic hydroxyl groups is 1. The van der Waals surface area contributed by atoms with Crippen LogP contribution in [-0.2, 0) is 12.0 Å². The summed E-state index contributed by atoms with van der Waals surface area (Å²) in [4.78, 5) is 0.743. The van der Waals surface area contributed by atoms with Crippen LogP contribution in [0.25, 0.3) is 10.1 Å². The summed E-state index contributed by atoms with van der Waals surface area (Å²) in [6.45, 7) is 1.63. The lowest BCUT2D eigenvalue weighted by Gasteiger charge is -2.22. The molecule has 0 aliphatic heterocycles. The molecule has 1 heterocycles. The van der Waals surface area contributed by atoms with Gasteiger partial charge >= 0.3 is 0 Å². The first kappa shape index (κ1) is 14.2. The van der Waals surface area contributed by atoms with E-state index in [1.165, 1.54) is 11.3 Å². The Bertz CT molecular complexity index is 759. The Morgan fingerprint density at radius 2 is 1.86 bits per heavy atom. The van der Waals surface area contributed by atoms with Crippen molar-refractivity contribution >= 4 is 21.4 Å². The lowest BCUT2D eigenvalue weighted by atomic mass is 9.94. The Balaban J connectivity index is 1.97. The van der Waals surface area contributed by atoms with Gasteiger partial charge in [-0.15, -0.1) is 11.3 Å². The van der Waals surface area contributed by atoms with Gasteiger partial charge in [-0.3, -0.25) is 0 Å². The predicted octanol–water partition coefficient (Wildman–Crippen LogP) is 4.63. The van der Waals surface area contributed by atoms with Crippen molar-refractivity contribution in [1.29, 1.82) is 0 Å². The average molecular weight is 304 g/mol. The summed E-state index contributed by atoms with van der Waals surface area (Å²) in [6.07, 6.45) is 0.0312. The van der Waals surface area contributed by atoms with E-state index in [1.54, 1.807) is 6.92 Å². The topological polar surface area (TPSA) is 20.2 Å². The van der Waals surface area contributed by atoms with Crippen LogP contribution in [0.4, 0.5) is 8.78 Å². The van der Waals surface area contributed by atoms with Gasteiger partial charge in [0.2, 0.25) is 0 Å². The van der Waals surface area contributed by atoms with Crippen LogP contribution in [0.15, 0.2) is 48.5 Å². The van der Waals surface area contributed by atoms with E-state index in [4.69, 9.17) is 0 Å². The molecule has 108 valence electrons. The Labute approximate surface area is 125 Å². The molecule has 0 saturated heterocycles. The summed E-state index contributed by atoms with van der Waals surface area (Å²) in [5.74, 6) is -1.00. The summed E-state index contributed by atoms with van der Waals surface area (Å²) >= 11 is 1.47. The molecule has 1 unspecified atom stereocenters. The number of hydrogen-bond acceptors (Lipinski definition) is 2. The number of benzene rings is 2. The molecule has 0 aliphatic carbocycles. The van der Waals surface area contributed by atoms with Crippen molar-refractivity contribution < 1.29 is 13.9 Å². The van der Waals surface area contributed by atoms with Gasteiger partial charge in [-0.2, -0.15) is 0 Å². The van der Waals surface area contributed by atoms with Crippen LogP contribution >= 0.6 is 11.3 Å². The van der Waals surface area contributed by atoms with Gasteiger partial charge in [-0.25, -0.2) is 8.78 Å². The van der Waals surface area contributed by atoms with E-state index in [0.717, 1.165) is 33.2 Å². The fourth-order valence-electron chi connectivity index (χ4n) is 2.38. The van der Waals surface area contributed by atoms with E-state index >= 15 is 0 Å². The smallest absolute Gasteiger partial charge is 0.126 e. The fraction of sp³-hybridized carbons (Fsp3) is 0.176. The Kier molecular flexibility index (Phi) is 3.51. The van der Waals surface area contributed by atoms with Crippen LogP contribution in [-0.4, -0.2) is 5.11 Å². The van der Waals surface area contributed by atoms with Gasteiger partial charge in [0.05, 0.1) is 0 Å². The summed E-state index contributed by atoms with van der Waals surface area (Å²) < 4.78 is 28.1. The molecule has 0 fully saturated rings. The van der Waals surface area contributed by atoms with Crippen molar-refractivity contribution in [2.24, 2.45) is 0 Å². The molecule has 21 heavy (non-hydrogen) atoms. The molecular weight excluding hydrogens is 290 g/mol. The van der Waals surface area contributed by atoms with E-state index in [-0.39, 0.29) is 12.0 Å². The maximum atomic E-state index is 13.7. The minimum absolute atomic E-state index is 0.0312. The van der Waals surface area contributed by atoms with Gasteiger partial charge in [-0.1, -0.05) is 18.2 Å². The van der Waals surface area contributed by atoms with Crippen molar-refractivity contribution in [2.45, 2.75) is 18.9 Å². The minimum atomic E-state index is -1.24. The Morgan fingerprint density at radius 3 is 2.62 bits per heavy atom. The van der Waals surface area contributed by atoms with Crippen molar-refractivity contribution in [3.05, 3.63) is 70.6 Å². The fourth-order valence-corrected chi connectivity index (χ4v) is 3.49. The molecule has 3 rings (SSSR count). The molecule has 0 saturated carbocycles. The largest absolute Gasteiger partial charge is 0.384 e. The highest BCUT2D eigenvalue weighted by atomic mass is 32.1. The number of fused-ring (bicyclic) bond motifs is 1. The third-order valence-electron chi connectivity index (χ3n) is 3.50. The van der Waals surface area contributed by atoms with Crippen LogP contribution in [0.1, 0.15) is 17.4 Å². The molecule has 0 spiro atoms. The average Bonchev–Trinajstić information content (AvgIpc) is 2.87. The van der Waals surface area contributed by atoms with E-state index in [2.05, 4.69) is 0 Å². The summed E-state index contributed by atoms with van der Waals surface area (Å²) in [6, 6.07) is 13.0. The van der Waals surface area contributed by atoms with Crippen LogP contribution in [0, 0.1) is 11.6 Å². The second-order valence-electron chi connectivity index (χ2n) is 5.33. The molecule has 1 nitrogen and oxygen atoms in total. The minimum Gasteiger partial charge on any atom is -0.384 e. The number of hydrogen-bond donors (Lipinski definition) is 1. The third kappa shape index (κ3) is 2.82. The van der Waals surface area contributed by atoms with Crippen LogP contribution in [0.3, 0.4) is 0 Å². The summed E-state index contributed by atoms with van der Waals surface area (Å²) in [5.41, 5.74) is -1.06. The van der Waals surface area contributed by atoms with Crippen LogP contribution in [0.2, 0.25) is 0 Å². The predicted molar refractivity (Wildman–Crippen MR) is 81.5 cm³/mol. The second kappa shape index (κ2) is 5.20. The zero-order chi connectivity index (χ0) is 15.0. The highest BCUT2D eigenvalue weighted by Crippen LogP contribution is 2.35. The first-order valence-electron chi connectivity index (χ1n) is 6.61. The lowest BCUT2D eigenvalue weighted by molar-refractivity contribution is 0.0605. The highest BCUT2D eigenvalue weighted by Gasteiger charge is 2.27. The molecule has 1 atom stereocenters. The van der Waals surface area contributed by atoms with Crippen molar-refractivity contribution in [3.8, 4) is 0 Å². The zero-order valence-corrected chi connectivity index (χ0v) is 12.3. The van der Waals surface area contributed by atoms with Gasteiger partial charge in [0.1, 0.15) is 17.2 Å². The highest BCUT2D eigenvalue weighted by molar-refractivity contribution is 7.19. The second-order valence-corrected chi connectivity index (χ2v) is 6.42. The number of rotatable bonds is 3. The molecule has 3 aromatic rings. The maximum Gasteiger partial charge on any atom is 0.126 e. The molecule has 1 aromatic heterocycles.